The molecular weight excluding hydrogens is 337 g/mol. The van der Waals surface area contributed by atoms with Crippen molar-refractivity contribution >= 4 is 23.3 Å². The number of nitrogens with one attached hydrogen (secondary N) is 1. The molecule has 1 saturated heterocycles. The maximum atomic E-state index is 12.6. The number of anilines is 1. The first kappa shape index (κ1) is 17.4. The van der Waals surface area contributed by atoms with Crippen molar-refractivity contribution in [3.8, 4) is 0 Å². The Balaban J connectivity index is 1.65. The van der Waals surface area contributed by atoms with Gasteiger partial charge in [-0.15, -0.1) is 0 Å². The quantitative estimate of drug-likeness (QED) is 0.846. The molecule has 0 aromatic heterocycles. The molecule has 25 heavy (non-hydrogen) atoms. The number of hydrogen-bond acceptors (Lipinski definition) is 3. The number of carbonyl (C=O) groups excluding carboxylic acids is 3. The van der Waals surface area contributed by atoms with Crippen LogP contribution in [0.3, 0.4) is 0 Å². The lowest BCUT2D eigenvalue weighted by Gasteiger charge is -2.24. The molecule has 1 aromatic rings. The number of hydrogen-bond donors (Lipinski definition) is 1. The van der Waals surface area contributed by atoms with Crippen molar-refractivity contribution in [3.63, 3.8) is 0 Å². The molecule has 5 nitrogen and oxygen atoms in total. The summed E-state index contributed by atoms with van der Waals surface area (Å²) in [6, 6.07) is 5.12. The molecule has 0 bridgehead atoms. The minimum atomic E-state index is -4.99. The topological polar surface area (TPSA) is 66.5 Å². The molecule has 1 saturated carbocycles. The molecule has 8 heteroatoms. The molecule has 1 unspecified atom stereocenters. The average Bonchev–Trinajstić information content (AvgIpc) is 3.30. The van der Waals surface area contributed by atoms with E-state index in [1.54, 1.807) is 24.3 Å². The molecule has 2 aliphatic rings. The number of likely N-dealkylation sites (tertiary alicyclic amines) is 1. The third kappa shape index (κ3) is 3.83. The number of carbonyl (C=O) groups is 3. The fraction of sp³-hybridized carbons (Fsp3) is 0.471. The molecule has 2 amide bonds. The highest BCUT2D eigenvalue weighted by atomic mass is 19.4. The van der Waals surface area contributed by atoms with E-state index in [0.717, 1.165) is 12.8 Å². The van der Waals surface area contributed by atoms with Crippen molar-refractivity contribution in [2.45, 2.75) is 37.9 Å². The summed E-state index contributed by atoms with van der Waals surface area (Å²) in [6.07, 6.45) is -2.68. The Morgan fingerprint density at radius 3 is 2.24 bits per heavy atom. The van der Waals surface area contributed by atoms with Gasteiger partial charge < -0.3 is 10.2 Å². The number of Topliss-reactive ketones (excluding diaryl/α,β-unsaturated/α-hetero) is 1. The van der Waals surface area contributed by atoms with Gasteiger partial charge in [-0.2, -0.15) is 13.2 Å². The van der Waals surface area contributed by atoms with Crippen molar-refractivity contribution < 1.29 is 27.6 Å². The Morgan fingerprint density at radius 1 is 1.04 bits per heavy atom. The maximum Gasteiger partial charge on any atom is 0.471 e. The van der Waals surface area contributed by atoms with Gasteiger partial charge in [-0.3, -0.25) is 14.4 Å². The fourth-order valence-corrected chi connectivity index (χ4v) is 2.97. The third-order valence-electron chi connectivity index (χ3n) is 4.44. The molecule has 1 aliphatic carbocycles. The molecule has 1 heterocycles. The average molecular weight is 354 g/mol. The van der Waals surface area contributed by atoms with Crippen LogP contribution in [0.5, 0.6) is 0 Å². The lowest BCUT2D eigenvalue weighted by atomic mass is 10.1. The molecule has 0 spiro atoms. The summed E-state index contributed by atoms with van der Waals surface area (Å²) in [5.41, 5.74) is 0.930. The molecule has 3 rings (SSSR count). The zero-order valence-corrected chi connectivity index (χ0v) is 13.3. The van der Waals surface area contributed by atoms with Gasteiger partial charge in [0.25, 0.3) is 0 Å². The van der Waals surface area contributed by atoms with E-state index in [2.05, 4.69) is 5.32 Å². The minimum Gasteiger partial charge on any atom is -0.324 e. The van der Waals surface area contributed by atoms with Gasteiger partial charge in [0.05, 0.1) is 0 Å². The molecule has 2 fully saturated rings. The first-order chi connectivity index (χ1) is 11.8. The van der Waals surface area contributed by atoms with E-state index in [1.165, 1.54) is 0 Å². The van der Waals surface area contributed by atoms with Crippen LogP contribution < -0.4 is 5.32 Å². The number of rotatable bonds is 4. The Labute approximate surface area is 142 Å². The Kier molecular flexibility index (Phi) is 4.53. The summed E-state index contributed by atoms with van der Waals surface area (Å²) in [5.74, 6) is -2.50. The van der Waals surface area contributed by atoms with Crippen molar-refractivity contribution in [1.82, 2.24) is 4.90 Å². The smallest absolute Gasteiger partial charge is 0.324 e. The maximum absolute atomic E-state index is 12.6. The Morgan fingerprint density at radius 2 is 1.68 bits per heavy atom. The number of ketones is 1. The molecule has 1 N–H and O–H groups in total. The largest absolute Gasteiger partial charge is 0.471 e. The zero-order valence-electron chi connectivity index (χ0n) is 13.3. The van der Waals surface area contributed by atoms with Crippen LogP contribution in [0.1, 0.15) is 36.0 Å². The Bertz CT molecular complexity index is 696. The normalized spacial score (nSPS) is 20.4. The summed E-state index contributed by atoms with van der Waals surface area (Å²) in [6.45, 7) is -0.0920. The first-order valence-electron chi connectivity index (χ1n) is 8.10. The molecule has 1 aromatic carbocycles. The van der Waals surface area contributed by atoms with E-state index in [1.807, 2.05) is 0 Å². The molecule has 1 aliphatic heterocycles. The standard InChI is InChI=1S/C17H17F3N2O3/c18-17(19,20)16(25)22-9-1-2-13(22)15(24)21-12-7-5-11(6-8-12)14(23)10-3-4-10/h5-8,10,13H,1-4,9H2,(H,21,24). The number of halogens is 3. The van der Waals surface area contributed by atoms with E-state index < -0.39 is 24.0 Å². The summed E-state index contributed by atoms with van der Waals surface area (Å²) >= 11 is 0. The highest BCUT2D eigenvalue weighted by molar-refractivity contribution is 6.01. The molecule has 1 atom stereocenters. The predicted octanol–water partition coefficient (Wildman–Crippen LogP) is 2.77. The number of alkyl halides is 3. The monoisotopic (exact) mass is 354 g/mol. The lowest BCUT2D eigenvalue weighted by Crippen LogP contribution is -2.48. The van der Waals surface area contributed by atoms with E-state index in [-0.39, 0.29) is 24.7 Å². The van der Waals surface area contributed by atoms with Crippen LogP contribution in [0.2, 0.25) is 0 Å². The highest BCUT2D eigenvalue weighted by Gasteiger charge is 2.47. The van der Waals surface area contributed by atoms with Crippen LogP contribution in [0, 0.1) is 5.92 Å². The van der Waals surface area contributed by atoms with Crippen LogP contribution in [0.15, 0.2) is 24.3 Å². The lowest BCUT2D eigenvalue weighted by molar-refractivity contribution is -0.186. The van der Waals surface area contributed by atoms with Crippen molar-refractivity contribution in [2.75, 3.05) is 11.9 Å². The van der Waals surface area contributed by atoms with Gasteiger partial charge in [0.15, 0.2) is 5.78 Å². The number of benzene rings is 1. The zero-order chi connectivity index (χ0) is 18.2. The van der Waals surface area contributed by atoms with Crippen LogP contribution >= 0.6 is 0 Å². The molecular formula is C17H17F3N2O3. The molecule has 134 valence electrons. The van der Waals surface area contributed by atoms with Gasteiger partial charge in [-0.05, 0) is 49.9 Å². The van der Waals surface area contributed by atoms with E-state index in [4.69, 9.17) is 0 Å². The minimum absolute atomic E-state index is 0.0654. The van der Waals surface area contributed by atoms with Crippen molar-refractivity contribution in [3.05, 3.63) is 29.8 Å². The summed E-state index contributed by atoms with van der Waals surface area (Å²) in [7, 11) is 0. The van der Waals surface area contributed by atoms with E-state index >= 15 is 0 Å². The first-order valence-corrected chi connectivity index (χ1v) is 8.10. The molecule has 0 radical (unpaired) electrons. The number of amides is 2. The van der Waals surface area contributed by atoms with Gasteiger partial charge in [0, 0.05) is 23.7 Å². The second-order valence-electron chi connectivity index (χ2n) is 6.36. The van der Waals surface area contributed by atoms with Crippen LogP contribution in [0.25, 0.3) is 0 Å². The van der Waals surface area contributed by atoms with Crippen LogP contribution in [-0.2, 0) is 9.59 Å². The number of nitrogens with zero attached hydrogens (tertiary/aromatic N) is 1. The fourth-order valence-electron chi connectivity index (χ4n) is 2.97. The highest BCUT2D eigenvalue weighted by Crippen LogP contribution is 2.33. The third-order valence-corrected chi connectivity index (χ3v) is 4.44. The van der Waals surface area contributed by atoms with Crippen molar-refractivity contribution in [1.29, 1.82) is 0 Å². The van der Waals surface area contributed by atoms with Gasteiger partial charge in [0.2, 0.25) is 5.91 Å². The SMILES string of the molecule is O=C(c1ccc(NC(=O)C2CCCN2C(=O)C(F)(F)F)cc1)C1CC1. The summed E-state index contributed by atoms with van der Waals surface area (Å²) < 4.78 is 37.8. The second kappa shape index (κ2) is 6.50. The van der Waals surface area contributed by atoms with Crippen LogP contribution in [-0.4, -0.2) is 41.3 Å². The van der Waals surface area contributed by atoms with Crippen LogP contribution in [0.4, 0.5) is 18.9 Å². The van der Waals surface area contributed by atoms with Gasteiger partial charge in [-0.1, -0.05) is 0 Å². The summed E-state index contributed by atoms with van der Waals surface area (Å²) in [5, 5.41) is 2.52. The van der Waals surface area contributed by atoms with Gasteiger partial charge in [0.1, 0.15) is 6.04 Å². The second-order valence-corrected chi connectivity index (χ2v) is 6.36. The summed E-state index contributed by atoms with van der Waals surface area (Å²) in [4.78, 5) is 36.2. The van der Waals surface area contributed by atoms with E-state index in [9.17, 15) is 27.6 Å². The van der Waals surface area contributed by atoms with Gasteiger partial charge >= 0.3 is 12.1 Å². The predicted molar refractivity (Wildman–Crippen MR) is 82.9 cm³/mol. The van der Waals surface area contributed by atoms with E-state index in [0.29, 0.717) is 22.6 Å². The van der Waals surface area contributed by atoms with Crippen molar-refractivity contribution in [2.24, 2.45) is 5.92 Å². The van der Waals surface area contributed by atoms with Gasteiger partial charge in [-0.25, -0.2) is 0 Å². The Hall–Kier alpha value is -2.38.